The van der Waals surface area contributed by atoms with Crippen LogP contribution in [0.1, 0.15) is 16.8 Å². The second-order valence-corrected chi connectivity index (χ2v) is 9.17. The Hall–Kier alpha value is -3.37. The summed E-state index contributed by atoms with van der Waals surface area (Å²) in [7, 11) is 1.58. The van der Waals surface area contributed by atoms with Crippen LogP contribution in [0, 0.1) is 0 Å². The molecule has 1 aliphatic heterocycles. The summed E-state index contributed by atoms with van der Waals surface area (Å²) < 4.78 is 21.4. The van der Waals surface area contributed by atoms with Gasteiger partial charge in [-0.05, 0) is 42.5 Å². The van der Waals surface area contributed by atoms with E-state index in [0.717, 1.165) is 35.2 Å². The van der Waals surface area contributed by atoms with Crippen LogP contribution in [-0.4, -0.2) is 69.3 Å². The molecule has 9 nitrogen and oxygen atoms in total. The predicted molar refractivity (Wildman–Crippen MR) is 144 cm³/mol. The number of hydrogen-bond acceptors (Lipinski definition) is 7. The van der Waals surface area contributed by atoms with Crippen LogP contribution in [-0.2, 0) is 14.2 Å². The third-order valence-electron chi connectivity index (χ3n) is 6.30. The van der Waals surface area contributed by atoms with Gasteiger partial charge >= 0.3 is 0 Å². The summed E-state index contributed by atoms with van der Waals surface area (Å²) >= 11 is 6.51. The van der Waals surface area contributed by atoms with Gasteiger partial charge in [0.2, 0.25) is 0 Å². The molecule has 3 heterocycles. The number of amides is 1. The fourth-order valence-corrected chi connectivity index (χ4v) is 4.70. The maximum Gasteiger partial charge on any atom is 0.250 e. The van der Waals surface area contributed by atoms with Crippen molar-refractivity contribution in [3.8, 4) is 17.0 Å². The maximum absolute atomic E-state index is 12.4. The number of H-pyrrole nitrogens is 1. The van der Waals surface area contributed by atoms with Gasteiger partial charge in [-0.1, -0.05) is 11.6 Å². The van der Waals surface area contributed by atoms with Crippen LogP contribution in [0.25, 0.3) is 33.2 Å². The molecule has 0 spiro atoms. The Morgan fingerprint density at radius 3 is 2.76 bits per heavy atom. The highest BCUT2D eigenvalue weighted by molar-refractivity contribution is 6.32. The summed E-state index contributed by atoms with van der Waals surface area (Å²) in [6, 6.07) is 13.3. The molecule has 0 unspecified atom stereocenters. The molecule has 1 aliphatic rings. The molecule has 2 aromatic carbocycles. The van der Waals surface area contributed by atoms with Crippen molar-refractivity contribution in [3.63, 3.8) is 0 Å². The fourth-order valence-electron chi connectivity index (χ4n) is 4.47. The zero-order valence-electron chi connectivity index (χ0n) is 20.6. The summed E-state index contributed by atoms with van der Waals surface area (Å²) in [5.74, 6) is 0.0337. The second kappa shape index (κ2) is 11.4. The highest BCUT2D eigenvalue weighted by Crippen LogP contribution is 2.34. The first kappa shape index (κ1) is 25.3. The SMILES string of the molecule is COCOCCCOc1ccc(-c2cc(C(N)=O)c3[nH]c4cc(N5CCOCC5)ccc4c3n2)cc1Cl. The number of pyridine rings is 1. The summed E-state index contributed by atoms with van der Waals surface area (Å²) in [4.78, 5) is 22.9. The minimum atomic E-state index is -0.532. The number of morpholine rings is 1. The van der Waals surface area contributed by atoms with Crippen molar-refractivity contribution in [3.05, 3.63) is 53.1 Å². The first-order chi connectivity index (χ1) is 18.0. The van der Waals surface area contributed by atoms with Crippen LogP contribution in [0.2, 0.25) is 5.02 Å². The van der Waals surface area contributed by atoms with Crippen LogP contribution >= 0.6 is 11.6 Å². The molecule has 4 aromatic rings. The predicted octanol–water partition coefficient (Wildman–Crippen LogP) is 4.36. The molecule has 0 bridgehead atoms. The molecule has 0 atom stereocenters. The van der Waals surface area contributed by atoms with Gasteiger partial charge in [0.05, 0.1) is 59.3 Å². The highest BCUT2D eigenvalue weighted by Gasteiger charge is 2.18. The Labute approximate surface area is 219 Å². The van der Waals surface area contributed by atoms with Crippen LogP contribution in [0.5, 0.6) is 5.75 Å². The van der Waals surface area contributed by atoms with E-state index >= 15 is 0 Å². The summed E-state index contributed by atoms with van der Waals surface area (Å²) in [5.41, 5.74) is 10.8. The molecule has 0 aliphatic carbocycles. The molecular formula is C27H29ClN4O5. The number of nitrogens with two attached hydrogens (primary N) is 1. The molecule has 194 valence electrons. The lowest BCUT2D eigenvalue weighted by Gasteiger charge is -2.28. The zero-order chi connectivity index (χ0) is 25.8. The molecule has 10 heteroatoms. The van der Waals surface area contributed by atoms with Gasteiger partial charge in [0.1, 0.15) is 12.5 Å². The van der Waals surface area contributed by atoms with Crippen molar-refractivity contribution in [2.45, 2.75) is 6.42 Å². The van der Waals surface area contributed by atoms with Crippen molar-refractivity contribution >= 4 is 45.1 Å². The van der Waals surface area contributed by atoms with E-state index in [1.807, 2.05) is 12.1 Å². The van der Waals surface area contributed by atoms with Crippen molar-refractivity contribution in [2.24, 2.45) is 5.73 Å². The molecular weight excluding hydrogens is 496 g/mol. The smallest absolute Gasteiger partial charge is 0.250 e. The largest absolute Gasteiger partial charge is 0.492 e. The van der Waals surface area contributed by atoms with Gasteiger partial charge in [-0.2, -0.15) is 0 Å². The Kier molecular flexibility index (Phi) is 7.76. The number of methoxy groups -OCH3 is 1. The molecule has 5 rings (SSSR count). The molecule has 37 heavy (non-hydrogen) atoms. The van der Waals surface area contributed by atoms with E-state index < -0.39 is 5.91 Å². The van der Waals surface area contributed by atoms with Gasteiger partial charge in [-0.15, -0.1) is 0 Å². The van der Waals surface area contributed by atoms with E-state index in [4.69, 9.17) is 41.3 Å². The van der Waals surface area contributed by atoms with Crippen LogP contribution in [0.3, 0.4) is 0 Å². The van der Waals surface area contributed by atoms with Crippen molar-refractivity contribution in [1.82, 2.24) is 9.97 Å². The number of nitrogens with zero attached hydrogens (tertiary/aromatic N) is 2. The summed E-state index contributed by atoms with van der Waals surface area (Å²) in [5, 5.41) is 1.37. The van der Waals surface area contributed by atoms with Crippen LogP contribution < -0.4 is 15.4 Å². The van der Waals surface area contributed by atoms with E-state index in [1.54, 1.807) is 25.3 Å². The van der Waals surface area contributed by atoms with Gasteiger partial charge in [0.25, 0.3) is 5.91 Å². The summed E-state index contributed by atoms with van der Waals surface area (Å²) in [6.45, 7) is 4.33. The van der Waals surface area contributed by atoms with Crippen LogP contribution in [0.15, 0.2) is 42.5 Å². The van der Waals surface area contributed by atoms with Gasteiger partial charge in [0.15, 0.2) is 0 Å². The van der Waals surface area contributed by atoms with Crippen LogP contribution in [0.4, 0.5) is 5.69 Å². The van der Waals surface area contributed by atoms with Crippen molar-refractivity contribution < 1.29 is 23.7 Å². The molecule has 1 amide bonds. The molecule has 0 radical (unpaired) electrons. The first-order valence-corrected chi connectivity index (χ1v) is 12.5. The van der Waals surface area contributed by atoms with E-state index in [-0.39, 0.29) is 6.79 Å². The van der Waals surface area contributed by atoms with Gasteiger partial charge in [-0.25, -0.2) is 4.98 Å². The lowest BCUT2D eigenvalue weighted by molar-refractivity contribution is -0.0333. The number of primary amides is 1. The Morgan fingerprint density at radius 1 is 1.16 bits per heavy atom. The molecule has 1 fully saturated rings. The van der Waals surface area contributed by atoms with E-state index in [0.29, 0.717) is 65.9 Å². The summed E-state index contributed by atoms with van der Waals surface area (Å²) in [6.07, 6.45) is 0.704. The van der Waals surface area contributed by atoms with E-state index in [1.165, 1.54) is 0 Å². The lowest BCUT2D eigenvalue weighted by Crippen LogP contribution is -2.36. The topological polar surface area (TPSA) is 112 Å². The second-order valence-electron chi connectivity index (χ2n) is 8.76. The number of rotatable bonds is 10. The molecule has 0 saturated carbocycles. The molecule has 3 N–H and O–H groups in total. The highest BCUT2D eigenvalue weighted by atomic mass is 35.5. The monoisotopic (exact) mass is 524 g/mol. The Morgan fingerprint density at radius 2 is 2.00 bits per heavy atom. The Bertz CT molecular complexity index is 1420. The molecule has 1 saturated heterocycles. The molecule has 2 aromatic heterocycles. The van der Waals surface area contributed by atoms with Crippen molar-refractivity contribution in [2.75, 3.05) is 58.3 Å². The van der Waals surface area contributed by atoms with Crippen molar-refractivity contribution in [1.29, 1.82) is 0 Å². The number of hydrogen-bond donors (Lipinski definition) is 2. The normalized spacial score (nSPS) is 13.9. The number of halogens is 1. The number of fused-ring (bicyclic) bond motifs is 3. The number of carbonyl (C=O) groups is 1. The third kappa shape index (κ3) is 5.50. The van der Waals surface area contributed by atoms with E-state index in [9.17, 15) is 4.79 Å². The number of ether oxygens (including phenoxy) is 4. The van der Waals surface area contributed by atoms with E-state index in [2.05, 4.69) is 22.0 Å². The van der Waals surface area contributed by atoms with Gasteiger partial charge in [-0.3, -0.25) is 4.79 Å². The minimum Gasteiger partial charge on any atom is -0.492 e. The zero-order valence-corrected chi connectivity index (χ0v) is 21.3. The number of aromatic nitrogens is 2. The number of carbonyl (C=O) groups excluding carboxylic acids is 1. The number of nitrogens with one attached hydrogen (secondary N) is 1. The quantitative estimate of drug-likeness (QED) is 0.234. The fraction of sp³-hybridized carbons (Fsp3) is 0.333. The standard InChI is InChI=1S/C27H29ClN4O5/c1-34-16-36-9-2-10-37-24-6-3-17(13-21(24)28)22-15-20(27(29)33)26-25(30-22)19-5-4-18(14-23(19)31-26)32-7-11-35-12-8-32/h3-6,13-15,31H,2,7-12,16H2,1H3,(H2,29,33). The number of aromatic amines is 1. The average molecular weight is 525 g/mol. The first-order valence-electron chi connectivity index (χ1n) is 12.1. The number of anilines is 1. The lowest BCUT2D eigenvalue weighted by atomic mass is 10.1. The Balaban J connectivity index is 1.44. The average Bonchev–Trinajstić information content (AvgIpc) is 3.29. The minimum absolute atomic E-state index is 0.256. The van der Waals surface area contributed by atoms with Gasteiger partial charge < -0.3 is 34.6 Å². The third-order valence-corrected chi connectivity index (χ3v) is 6.59. The maximum atomic E-state index is 12.4. The van der Waals surface area contributed by atoms with Gasteiger partial charge in [0, 0.05) is 43.3 Å². The number of benzene rings is 2.